The molecule has 0 radical (unpaired) electrons. The van der Waals surface area contributed by atoms with Crippen molar-refractivity contribution in [2.45, 2.75) is 51.0 Å². The van der Waals surface area contributed by atoms with Crippen LogP contribution in [0, 0.1) is 0 Å². The van der Waals surface area contributed by atoms with Crippen LogP contribution in [0.25, 0.3) is 0 Å². The maximum atomic E-state index is 12.4. The van der Waals surface area contributed by atoms with Crippen LogP contribution in [0.5, 0.6) is 5.75 Å². The number of carbonyl (C=O) groups excluding carboxylic acids is 1. The van der Waals surface area contributed by atoms with Crippen molar-refractivity contribution < 1.29 is 9.53 Å². The number of benzene rings is 1. The molecule has 1 amide bonds. The third kappa shape index (κ3) is 4.23. The van der Waals surface area contributed by atoms with Gasteiger partial charge >= 0.3 is 0 Å². The molecule has 0 heterocycles. The SMILES string of the molecule is COc1ccc(Br)c(C(=O)NC2CCCCCCC2)c1. The van der Waals surface area contributed by atoms with Crippen LogP contribution in [0.3, 0.4) is 0 Å². The van der Waals surface area contributed by atoms with Gasteiger partial charge in [-0.25, -0.2) is 0 Å². The number of nitrogens with one attached hydrogen (secondary N) is 1. The van der Waals surface area contributed by atoms with Crippen molar-refractivity contribution in [3.8, 4) is 5.75 Å². The summed E-state index contributed by atoms with van der Waals surface area (Å²) in [5, 5.41) is 3.17. The first-order valence-corrected chi connectivity index (χ1v) is 8.14. The van der Waals surface area contributed by atoms with Crippen molar-refractivity contribution in [3.63, 3.8) is 0 Å². The molecule has 1 aliphatic rings. The maximum Gasteiger partial charge on any atom is 0.252 e. The fourth-order valence-electron chi connectivity index (χ4n) is 2.67. The first kappa shape index (κ1) is 15.4. The fourth-order valence-corrected chi connectivity index (χ4v) is 3.10. The molecule has 1 aromatic rings. The number of halogens is 1. The summed E-state index contributed by atoms with van der Waals surface area (Å²) >= 11 is 3.44. The average Bonchev–Trinajstić information content (AvgIpc) is 2.42. The third-order valence-corrected chi connectivity index (χ3v) is 4.55. The highest BCUT2D eigenvalue weighted by Gasteiger charge is 2.17. The van der Waals surface area contributed by atoms with E-state index in [1.807, 2.05) is 12.1 Å². The van der Waals surface area contributed by atoms with Crippen LogP contribution in [-0.2, 0) is 0 Å². The van der Waals surface area contributed by atoms with Gasteiger partial charge in [-0.15, -0.1) is 0 Å². The molecule has 0 aromatic heterocycles. The molecule has 1 aliphatic carbocycles. The van der Waals surface area contributed by atoms with E-state index in [4.69, 9.17) is 4.74 Å². The minimum Gasteiger partial charge on any atom is -0.497 e. The molecule has 0 bridgehead atoms. The lowest BCUT2D eigenvalue weighted by Crippen LogP contribution is -2.35. The van der Waals surface area contributed by atoms with Gasteiger partial charge in [0.15, 0.2) is 0 Å². The molecule has 0 saturated heterocycles. The Morgan fingerprint density at radius 1 is 1.20 bits per heavy atom. The molecule has 1 fully saturated rings. The van der Waals surface area contributed by atoms with E-state index in [1.165, 1.54) is 32.1 Å². The zero-order valence-electron chi connectivity index (χ0n) is 12.0. The van der Waals surface area contributed by atoms with Gasteiger partial charge in [0.1, 0.15) is 5.75 Å². The summed E-state index contributed by atoms with van der Waals surface area (Å²) in [6.07, 6.45) is 8.52. The Morgan fingerprint density at radius 2 is 1.85 bits per heavy atom. The first-order valence-electron chi connectivity index (χ1n) is 7.35. The predicted molar refractivity (Wildman–Crippen MR) is 84.3 cm³/mol. The normalized spacial score (nSPS) is 17.1. The van der Waals surface area contributed by atoms with Gasteiger partial charge in [0.25, 0.3) is 5.91 Å². The van der Waals surface area contributed by atoms with Gasteiger partial charge in [0.2, 0.25) is 0 Å². The van der Waals surface area contributed by atoms with E-state index < -0.39 is 0 Å². The Bertz CT molecular complexity index is 454. The van der Waals surface area contributed by atoms with Crippen LogP contribution >= 0.6 is 15.9 Å². The van der Waals surface area contributed by atoms with Crippen molar-refractivity contribution in [1.29, 1.82) is 0 Å². The summed E-state index contributed by atoms with van der Waals surface area (Å²) in [6, 6.07) is 5.78. The summed E-state index contributed by atoms with van der Waals surface area (Å²) in [5.41, 5.74) is 0.645. The van der Waals surface area contributed by atoms with E-state index in [2.05, 4.69) is 21.2 Å². The number of ether oxygens (including phenoxy) is 1. The Labute approximate surface area is 129 Å². The van der Waals surface area contributed by atoms with E-state index in [0.29, 0.717) is 17.4 Å². The van der Waals surface area contributed by atoms with Crippen LogP contribution in [0.15, 0.2) is 22.7 Å². The number of carbonyl (C=O) groups is 1. The molecular weight excluding hydrogens is 318 g/mol. The second kappa shape index (κ2) is 7.67. The lowest BCUT2D eigenvalue weighted by molar-refractivity contribution is 0.0929. The Kier molecular flexibility index (Phi) is 5.89. The number of amides is 1. The minimum atomic E-state index is -0.0126. The van der Waals surface area contributed by atoms with Crippen LogP contribution in [0.2, 0.25) is 0 Å². The van der Waals surface area contributed by atoms with Crippen LogP contribution in [-0.4, -0.2) is 19.1 Å². The highest BCUT2D eigenvalue weighted by molar-refractivity contribution is 9.10. The molecule has 0 spiro atoms. The Hall–Kier alpha value is -1.03. The summed E-state index contributed by atoms with van der Waals surface area (Å²) < 4.78 is 5.99. The van der Waals surface area contributed by atoms with Crippen molar-refractivity contribution in [3.05, 3.63) is 28.2 Å². The van der Waals surface area contributed by atoms with Crippen molar-refractivity contribution in [1.82, 2.24) is 5.32 Å². The number of rotatable bonds is 3. The van der Waals surface area contributed by atoms with E-state index in [1.54, 1.807) is 13.2 Å². The molecule has 1 aromatic carbocycles. The maximum absolute atomic E-state index is 12.4. The van der Waals surface area contributed by atoms with Gasteiger partial charge in [-0.05, 0) is 47.0 Å². The van der Waals surface area contributed by atoms with E-state index in [-0.39, 0.29) is 5.91 Å². The summed E-state index contributed by atoms with van der Waals surface area (Å²) in [5.74, 6) is 0.692. The van der Waals surface area contributed by atoms with Gasteiger partial charge in [-0.3, -0.25) is 4.79 Å². The molecule has 1 N–H and O–H groups in total. The monoisotopic (exact) mass is 339 g/mol. The second-order valence-electron chi connectivity index (χ2n) is 5.36. The quantitative estimate of drug-likeness (QED) is 0.891. The lowest BCUT2D eigenvalue weighted by atomic mass is 9.96. The van der Waals surface area contributed by atoms with Gasteiger partial charge in [-0.2, -0.15) is 0 Å². The zero-order chi connectivity index (χ0) is 14.4. The minimum absolute atomic E-state index is 0.0126. The smallest absolute Gasteiger partial charge is 0.252 e. The number of hydrogen-bond donors (Lipinski definition) is 1. The zero-order valence-corrected chi connectivity index (χ0v) is 13.5. The summed E-state index contributed by atoms with van der Waals surface area (Å²) in [4.78, 5) is 12.4. The van der Waals surface area contributed by atoms with E-state index >= 15 is 0 Å². The highest BCUT2D eigenvalue weighted by atomic mass is 79.9. The first-order chi connectivity index (χ1) is 9.70. The standard InChI is InChI=1S/C16H22BrNO2/c1-20-13-9-10-15(17)14(11-13)16(19)18-12-7-5-3-2-4-6-8-12/h9-12H,2-8H2,1H3,(H,18,19). The van der Waals surface area contributed by atoms with Crippen LogP contribution in [0.4, 0.5) is 0 Å². The fraction of sp³-hybridized carbons (Fsp3) is 0.562. The molecule has 0 unspecified atom stereocenters. The van der Waals surface area contributed by atoms with Crippen LogP contribution < -0.4 is 10.1 Å². The second-order valence-corrected chi connectivity index (χ2v) is 6.22. The average molecular weight is 340 g/mol. The lowest BCUT2D eigenvalue weighted by Gasteiger charge is -2.21. The number of hydrogen-bond acceptors (Lipinski definition) is 2. The molecule has 0 aliphatic heterocycles. The highest BCUT2D eigenvalue weighted by Crippen LogP contribution is 2.23. The third-order valence-electron chi connectivity index (χ3n) is 3.86. The van der Waals surface area contributed by atoms with E-state index in [0.717, 1.165) is 17.3 Å². The van der Waals surface area contributed by atoms with Crippen molar-refractivity contribution in [2.75, 3.05) is 7.11 Å². The molecule has 3 nitrogen and oxygen atoms in total. The topological polar surface area (TPSA) is 38.3 Å². The number of methoxy groups -OCH3 is 1. The van der Waals surface area contributed by atoms with Gasteiger partial charge in [0, 0.05) is 10.5 Å². The predicted octanol–water partition coefficient (Wildman–Crippen LogP) is 4.30. The Morgan fingerprint density at radius 3 is 2.50 bits per heavy atom. The summed E-state index contributed by atoms with van der Waals surface area (Å²) in [6.45, 7) is 0. The van der Waals surface area contributed by atoms with Crippen molar-refractivity contribution in [2.24, 2.45) is 0 Å². The molecule has 110 valence electrons. The summed E-state index contributed by atoms with van der Waals surface area (Å²) in [7, 11) is 1.61. The van der Waals surface area contributed by atoms with E-state index in [9.17, 15) is 4.79 Å². The molecule has 20 heavy (non-hydrogen) atoms. The molecule has 1 saturated carbocycles. The Balaban J connectivity index is 2.03. The molecule has 2 rings (SSSR count). The van der Waals surface area contributed by atoms with Crippen LogP contribution in [0.1, 0.15) is 55.3 Å². The molecule has 4 heteroatoms. The van der Waals surface area contributed by atoms with Gasteiger partial charge in [-0.1, -0.05) is 32.1 Å². The molecule has 0 atom stereocenters. The largest absolute Gasteiger partial charge is 0.497 e. The van der Waals surface area contributed by atoms with Gasteiger partial charge < -0.3 is 10.1 Å². The molecular formula is C16H22BrNO2. The van der Waals surface area contributed by atoms with Gasteiger partial charge in [0.05, 0.1) is 12.7 Å². The van der Waals surface area contributed by atoms with Crippen molar-refractivity contribution >= 4 is 21.8 Å².